The highest BCUT2D eigenvalue weighted by molar-refractivity contribution is 7.89. The number of terminal acetylenes is 1. The highest BCUT2D eigenvalue weighted by atomic mass is 35.5. The summed E-state index contributed by atoms with van der Waals surface area (Å²) < 4.78 is 29.5. The van der Waals surface area contributed by atoms with Gasteiger partial charge < -0.3 is 4.57 Å². The number of carbonyl (C=O) groups is 1. The maximum atomic E-state index is 12.8. The van der Waals surface area contributed by atoms with Crippen LogP contribution in [0.2, 0.25) is 5.02 Å². The number of halogens is 1. The van der Waals surface area contributed by atoms with Crippen molar-refractivity contribution < 1.29 is 13.2 Å². The number of amides is 1. The van der Waals surface area contributed by atoms with Gasteiger partial charge in [-0.15, -0.1) is 19.6 Å². The minimum atomic E-state index is -3.75. The molecule has 164 valence electrons. The smallest absolute Gasteiger partial charge is 0.279 e. The van der Waals surface area contributed by atoms with Crippen LogP contribution >= 0.6 is 22.9 Å². The fourth-order valence-electron chi connectivity index (χ4n) is 3.01. The summed E-state index contributed by atoms with van der Waals surface area (Å²) in [6, 6.07) is 11.0. The van der Waals surface area contributed by atoms with Gasteiger partial charge in [-0.05, 0) is 42.5 Å². The summed E-state index contributed by atoms with van der Waals surface area (Å²) in [5, 5.41) is 0.572. The largest absolute Gasteiger partial charge is 0.305 e. The van der Waals surface area contributed by atoms with Gasteiger partial charge in [-0.3, -0.25) is 4.79 Å². The minimum absolute atomic E-state index is 0.0663. The zero-order chi connectivity index (χ0) is 23.3. The second kappa shape index (κ2) is 10.1. The molecular weight excluding hydrogens is 466 g/mol. The van der Waals surface area contributed by atoms with Crippen molar-refractivity contribution in [3.63, 3.8) is 0 Å². The summed E-state index contributed by atoms with van der Waals surface area (Å²) in [5.41, 5.74) is 1.08. The maximum absolute atomic E-state index is 12.8. The minimum Gasteiger partial charge on any atom is -0.305 e. The van der Waals surface area contributed by atoms with Crippen LogP contribution in [0.5, 0.6) is 0 Å². The Labute approximate surface area is 195 Å². The molecule has 1 heterocycles. The lowest BCUT2D eigenvalue weighted by atomic mass is 10.2. The normalized spacial score (nSPS) is 12.1. The predicted octanol–water partition coefficient (Wildman–Crippen LogP) is 4.09. The van der Waals surface area contributed by atoms with E-state index in [-0.39, 0.29) is 30.1 Å². The molecule has 3 aromatic rings. The van der Waals surface area contributed by atoms with Crippen molar-refractivity contribution in [3.05, 3.63) is 83.2 Å². The lowest BCUT2D eigenvalue weighted by Gasteiger charge is -2.19. The fourth-order valence-corrected chi connectivity index (χ4v) is 5.69. The number of aromatic nitrogens is 1. The highest BCUT2D eigenvalue weighted by Gasteiger charge is 2.22. The number of fused-ring (bicyclic) bond motifs is 1. The summed E-state index contributed by atoms with van der Waals surface area (Å²) >= 11 is 7.37. The van der Waals surface area contributed by atoms with Gasteiger partial charge in [0.1, 0.15) is 0 Å². The lowest BCUT2D eigenvalue weighted by Crippen LogP contribution is -2.31. The second-order valence-corrected chi connectivity index (χ2v) is 10.0. The quantitative estimate of drug-likeness (QED) is 0.356. The molecule has 2 aromatic carbocycles. The first-order valence-electron chi connectivity index (χ1n) is 9.45. The predicted molar refractivity (Wildman–Crippen MR) is 129 cm³/mol. The summed E-state index contributed by atoms with van der Waals surface area (Å²) in [6.45, 7) is 7.72. The first-order chi connectivity index (χ1) is 15.3. The van der Waals surface area contributed by atoms with E-state index in [9.17, 15) is 13.2 Å². The third-order valence-electron chi connectivity index (χ3n) is 4.50. The molecule has 6 nitrogen and oxygen atoms in total. The van der Waals surface area contributed by atoms with Crippen molar-refractivity contribution in [2.24, 2.45) is 4.99 Å². The molecule has 0 unspecified atom stereocenters. The zero-order valence-corrected chi connectivity index (χ0v) is 19.5. The molecule has 0 spiro atoms. The summed E-state index contributed by atoms with van der Waals surface area (Å²) in [6.07, 6.45) is 8.49. The molecule has 0 N–H and O–H groups in total. The van der Waals surface area contributed by atoms with Crippen molar-refractivity contribution in [1.29, 1.82) is 0 Å². The number of rotatable bonds is 8. The Morgan fingerprint density at radius 2 is 1.84 bits per heavy atom. The number of nitrogens with zero attached hydrogens (tertiary/aromatic N) is 3. The number of hydrogen-bond donors (Lipinski definition) is 0. The van der Waals surface area contributed by atoms with Crippen molar-refractivity contribution in [1.82, 2.24) is 8.87 Å². The van der Waals surface area contributed by atoms with Crippen molar-refractivity contribution in [2.45, 2.75) is 11.4 Å². The van der Waals surface area contributed by atoms with Gasteiger partial charge in [0.15, 0.2) is 4.80 Å². The van der Waals surface area contributed by atoms with Crippen LogP contribution in [0.3, 0.4) is 0 Å². The van der Waals surface area contributed by atoms with Crippen LogP contribution in [0.4, 0.5) is 0 Å². The second-order valence-electron chi connectivity index (χ2n) is 6.63. The molecule has 0 saturated heterocycles. The average molecular weight is 486 g/mol. The number of sulfonamides is 1. The number of hydrogen-bond acceptors (Lipinski definition) is 4. The SMILES string of the molecule is C#CCn1c(=NC(=O)c2ccc(S(=O)(=O)N(CC=C)CC=C)cc2)sc2cc(Cl)ccc21. The van der Waals surface area contributed by atoms with Crippen LogP contribution in [-0.4, -0.2) is 36.3 Å². The summed E-state index contributed by atoms with van der Waals surface area (Å²) in [4.78, 5) is 17.5. The van der Waals surface area contributed by atoms with E-state index in [1.807, 2.05) is 6.07 Å². The van der Waals surface area contributed by atoms with Crippen LogP contribution in [-0.2, 0) is 16.6 Å². The molecule has 0 saturated carbocycles. The molecule has 0 aliphatic carbocycles. The van der Waals surface area contributed by atoms with E-state index in [1.54, 1.807) is 16.7 Å². The van der Waals surface area contributed by atoms with Crippen LogP contribution in [0, 0.1) is 12.3 Å². The first kappa shape index (κ1) is 23.7. The van der Waals surface area contributed by atoms with Crippen LogP contribution < -0.4 is 4.80 Å². The van der Waals surface area contributed by atoms with E-state index in [2.05, 4.69) is 24.1 Å². The first-order valence-corrected chi connectivity index (χ1v) is 12.1. The molecule has 0 radical (unpaired) electrons. The maximum Gasteiger partial charge on any atom is 0.279 e. The zero-order valence-electron chi connectivity index (χ0n) is 17.1. The van der Waals surface area contributed by atoms with Gasteiger partial charge in [0.05, 0.1) is 21.7 Å². The van der Waals surface area contributed by atoms with Gasteiger partial charge in [-0.1, -0.05) is 41.0 Å². The Hall–Kier alpha value is -2.96. The lowest BCUT2D eigenvalue weighted by molar-refractivity contribution is 0.0998. The standard InChI is InChI=1S/C23H20ClN3O3S2/c1-4-13-26(14-5-2)32(29,30)19-10-7-17(8-11-19)22(28)25-23-27(15-6-3)20-12-9-18(24)16-21(20)31-23/h3-5,7-12,16H,1-2,13-15H2. The van der Waals surface area contributed by atoms with Crippen molar-refractivity contribution in [3.8, 4) is 12.3 Å². The topological polar surface area (TPSA) is 71.7 Å². The summed E-state index contributed by atoms with van der Waals surface area (Å²) in [7, 11) is -3.75. The molecule has 0 atom stereocenters. The highest BCUT2D eigenvalue weighted by Crippen LogP contribution is 2.22. The molecule has 32 heavy (non-hydrogen) atoms. The van der Waals surface area contributed by atoms with E-state index < -0.39 is 15.9 Å². The van der Waals surface area contributed by atoms with Gasteiger partial charge in [-0.25, -0.2) is 8.42 Å². The Morgan fingerprint density at radius 3 is 2.44 bits per heavy atom. The van der Waals surface area contributed by atoms with E-state index in [0.29, 0.717) is 9.82 Å². The Kier molecular flexibility index (Phi) is 7.48. The van der Waals surface area contributed by atoms with Gasteiger partial charge in [0.25, 0.3) is 5.91 Å². The van der Waals surface area contributed by atoms with E-state index >= 15 is 0 Å². The van der Waals surface area contributed by atoms with Crippen LogP contribution in [0.15, 0.2) is 77.7 Å². The Morgan fingerprint density at radius 1 is 1.19 bits per heavy atom. The molecule has 0 fully saturated rings. The van der Waals surface area contributed by atoms with Gasteiger partial charge in [0, 0.05) is 23.7 Å². The molecular formula is C23H20ClN3O3S2. The Balaban J connectivity index is 1.97. The van der Waals surface area contributed by atoms with Crippen LogP contribution in [0.1, 0.15) is 10.4 Å². The molecule has 9 heteroatoms. The molecule has 0 aliphatic rings. The Bertz CT molecular complexity index is 1380. The fraction of sp³-hybridized carbons (Fsp3) is 0.130. The summed E-state index contributed by atoms with van der Waals surface area (Å²) in [5.74, 6) is 2.06. The third-order valence-corrected chi connectivity index (χ3v) is 7.62. The molecule has 3 rings (SSSR count). The molecule has 0 bridgehead atoms. The van der Waals surface area contributed by atoms with Gasteiger partial charge >= 0.3 is 0 Å². The van der Waals surface area contributed by atoms with Crippen LogP contribution in [0.25, 0.3) is 10.2 Å². The number of carbonyl (C=O) groups excluding carboxylic acids is 1. The van der Waals surface area contributed by atoms with Crippen molar-refractivity contribution >= 4 is 49.1 Å². The van der Waals surface area contributed by atoms with E-state index in [4.69, 9.17) is 18.0 Å². The van der Waals surface area contributed by atoms with Gasteiger partial charge in [0.2, 0.25) is 10.0 Å². The van der Waals surface area contributed by atoms with E-state index in [0.717, 1.165) is 10.2 Å². The van der Waals surface area contributed by atoms with Gasteiger partial charge in [-0.2, -0.15) is 9.30 Å². The molecule has 1 aromatic heterocycles. The average Bonchev–Trinajstić information content (AvgIpc) is 3.09. The van der Waals surface area contributed by atoms with E-state index in [1.165, 1.54) is 52.1 Å². The number of thiazole rings is 1. The third kappa shape index (κ3) is 4.92. The molecule has 1 amide bonds. The number of benzene rings is 2. The van der Waals surface area contributed by atoms with Crippen molar-refractivity contribution in [2.75, 3.05) is 13.1 Å². The monoisotopic (exact) mass is 485 g/mol. The molecule has 0 aliphatic heterocycles.